The molecule has 0 saturated carbocycles. The number of rotatable bonds is 5. The number of aromatic carboxylic acids is 1. The Kier molecular flexibility index (Phi) is 9.77. The van der Waals surface area contributed by atoms with Gasteiger partial charge in [0.25, 0.3) is 0 Å². The Morgan fingerprint density at radius 3 is 2.11 bits per heavy atom. The predicted molar refractivity (Wildman–Crippen MR) is 117 cm³/mol. The van der Waals surface area contributed by atoms with Crippen molar-refractivity contribution in [3.05, 3.63) is 51.8 Å². The number of aromatic nitrogens is 1. The first-order valence-corrected chi connectivity index (χ1v) is 8.79. The second-order valence-corrected chi connectivity index (χ2v) is 7.78. The lowest BCUT2D eigenvalue weighted by atomic mass is 9.85. The Morgan fingerprint density at radius 2 is 1.70 bits per heavy atom. The lowest BCUT2D eigenvalue weighted by Crippen LogP contribution is -2.19. The molecule has 0 radical (unpaired) electrons. The minimum Gasteiger partial charge on any atom is -0.478 e. The topological polar surface area (TPSA) is 76.2 Å². The fourth-order valence-electron chi connectivity index (χ4n) is 3.02. The molecule has 0 saturated heterocycles. The van der Waals surface area contributed by atoms with Gasteiger partial charge in [-0.2, -0.15) is 0 Å². The molecule has 27 heavy (non-hydrogen) atoms. The van der Waals surface area contributed by atoms with Gasteiger partial charge in [0.1, 0.15) is 0 Å². The van der Waals surface area contributed by atoms with Crippen LogP contribution in [0.1, 0.15) is 55.0 Å². The molecule has 1 heterocycles. The maximum atomic E-state index is 12.0. The van der Waals surface area contributed by atoms with Crippen molar-refractivity contribution in [2.45, 2.75) is 47.1 Å². The maximum Gasteiger partial charge on any atom is 0.338 e. The number of halogens is 3. The minimum atomic E-state index is -0.980. The molecule has 2 aromatic rings. The van der Waals surface area contributed by atoms with Gasteiger partial charge in [0, 0.05) is 22.8 Å². The summed E-state index contributed by atoms with van der Waals surface area (Å²) >= 11 is 6.00. The van der Waals surface area contributed by atoms with E-state index >= 15 is 0 Å². The molecule has 7 heteroatoms. The van der Waals surface area contributed by atoms with E-state index in [1.807, 2.05) is 19.1 Å². The van der Waals surface area contributed by atoms with E-state index in [0.717, 1.165) is 23.2 Å². The molecule has 0 unspecified atom stereocenters. The Bertz CT molecular complexity index is 785. The molecule has 4 nitrogen and oxygen atoms in total. The molecule has 150 valence electrons. The zero-order chi connectivity index (χ0) is 18.8. The molecule has 1 aromatic heterocycles. The number of hydrogen-bond acceptors (Lipinski definition) is 3. The molecule has 0 bridgehead atoms. The van der Waals surface area contributed by atoms with Crippen molar-refractivity contribution in [3.63, 3.8) is 0 Å². The zero-order valence-electron chi connectivity index (χ0n) is 16.0. The number of carboxylic acid groups (broad SMARTS) is 1. The minimum absolute atomic E-state index is 0. The standard InChI is InChI=1S/C20H25ClN2O2.2ClH/c1-5-15-18(19(24)25)17(12-6-8-13(21)9-7-12)14(11-22)16(23-15)10-20(2,3)4;;/h6-9H,5,10-11,22H2,1-4H3,(H,24,25);2*1H. The number of carbonyl (C=O) groups is 1. The van der Waals surface area contributed by atoms with Gasteiger partial charge in [-0.05, 0) is 41.5 Å². The number of carboxylic acids is 1. The molecule has 3 N–H and O–H groups in total. The van der Waals surface area contributed by atoms with Crippen molar-refractivity contribution < 1.29 is 9.90 Å². The molecule has 0 aliphatic carbocycles. The van der Waals surface area contributed by atoms with Gasteiger partial charge in [-0.3, -0.25) is 4.98 Å². The van der Waals surface area contributed by atoms with Crippen LogP contribution in [-0.4, -0.2) is 16.1 Å². The number of aryl methyl sites for hydroxylation is 1. The van der Waals surface area contributed by atoms with E-state index in [1.165, 1.54) is 0 Å². The molecule has 0 spiro atoms. The van der Waals surface area contributed by atoms with Crippen molar-refractivity contribution in [1.29, 1.82) is 0 Å². The molecule has 2 rings (SSSR count). The summed E-state index contributed by atoms with van der Waals surface area (Å²) in [6.07, 6.45) is 1.28. The fraction of sp³-hybridized carbons (Fsp3) is 0.400. The van der Waals surface area contributed by atoms with Crippen LogP contribution in [0.4, 0.5) is 0 Å². The number of nitrogens with zero attached hydrogens (tertiary/aromatic N) is 1. The zero-order valence-corrected chi connectivity index (χ0v) is 18.4. The van der Waals surface area contributed by atoms with E-state index in [0.29, 0.717) is 22.7 Å². The average Bonchev–Trinajstić information content (AvgIpc) is 2.52. The monoisotopic (exact) mass is 432 g/mol. The fourth-order valence-corrected chi connectivity index (χ4v) is 3.14. The Balaban J connectivity index is 0.00000338. The quantitative estimate of drug-likeness (QED) is 0.647. The van der Waals surface area contributed by atoms with Crippen molar-refractivity contribution in [1.82, 2.24) is 4.98 Å². The molecule has 0 aliphatic heterocycles. The van der Waals surface area contributed by atoms with Crippen LogP contribution in [0.2, 0.25) is 5.02 Å². The molecule has 0 aliphatic rings. The van der Waals surface area contributed by atoms with Crippen molar-refractivity contribution in [2.75, 3.05) is 0 Å². The highest BCUT2D eigenvalue weighted by atomic mass is 35.5. The van der Waals surface area contributed by atoms with Gasteiger partial charge < -0.3 is 10.8 Å². The van der Waals surface area contributed by atoms with E-state index in [1.54, 1.807) is 12.1 Å². The SMILES string of the molecule is CCc1nc(CC(C)(C)C)c(CN)c(-c2ccc(Cl)cc2)c1C(=O)O.Cl.Cl. The summed E-state index contributed by atoms with van der Waals surface area (Å²) in [5.74, 6) is -0.980. The molecule has 0 fully saturated rings. The third kappa shape index (κ3) is 6.08. The third-order valence-electron chi connectivity index (χ3n) is 4.04. The highest BCUT2D eigenvalue weighted by molar-refractivity contribution is 6.30. The maximum absolute atomic E-state index is 12.0. The Labute approximate surface area is 178 Å². The summed E-state index contributed by atoms with van der Waals surface area (Å²) in [7, 11) is 0. The second kappa shape index (κ2) is 10.3. The van der Waals surface area contributed by atoms with Crippen LogP contribution in [0.25, 0.3) is 11.1 Å². The smallest absolute Gasteiger partial charge is 0.338 e. The number of benzene rings is 1. The van der Waals surface area contributed by atoms with E-state index < -0.39 is 5.97 Å². The van der Waals surface area contributed by atoms with Crippen LogP contribution in [-0.2, 0) is 19.4 Å². The van der Waals surface area contributed by atoms with Gasteiger partial charge in [-0.15, -0.1) is 24.8 Å². The van der Waals surface area contributed by atoms with Crippen LogP contribution >= 0.6 is 36.4 Å². The molecular weight excluding hydrogens is 407 g/mol. The van der Waals surface area contributed by atoms with Crippen molar-refractivity contribution in [3.8, 4) is 11.1 Å². The first kappa shape index (κ1) is 25.7. The van der Waals surface area contributed by atoms with E-state index in [9.17, 15) is 9.90 Å². The summed E-state index contributed by atoms with van der Waals surface area (Å²) in [5.41, 5.74) is 10.0. The first-order chi connectivity index (χ1) is 11.7. The van der Waals surface area contributed by atoms with Crippen LogP contribution in [0, 0.1) is 5.41 Å². The Morgan fingerprint density at radius 1 is 1.15 bits per heavy atom. The second-order valence-electron chi connectivity index (χ2n) is 7.34. The molecule has 1 aromatic carbocycles. The van der Waals surface area contributed by atoms with E-state index in [-0.39, 0.29) is 42.3 Å². The highest BCUT2D eigenvalue weighted by Gasteiger charge is 2.25. The van der Waals surface area contributed by atoms with Crippen molar-refractivity contribution >= 4 is 42.4 Å². The molecule has 0 amide bonds. The van der Waals surface area contributed by atoms with Gasteiger partial charge in [0.2, 0.25) is 0 Å². The lowest BCUT2D eigenvalue weighted by molar-refractivity contribution is 0.0696. The number of hydrogen-bond donors (Lipinski definition) is 2. The van der Waals surface area contributed by atoms with Gasteiger partial charge in [0.05, 0.1) is 11.3 Å². The third-order valence-corrected chi connectivity index (χ3v) is 4.29. The average molecular weight is 434 g/mol. The van der Waals surface area contributed by atoms with Crippen molar-refractivity contribution in [2.24, 2.45) is 11.1 Å². The van der Waals surface area contributed by atoms with Gasteiger partial charge >= 0.3 is 5.97 Å². The lowest BCUT2D eigenvalue weighted by Gasteiger charge is -2.23. The van der Waals surface area contributed by atoms with Crippen LogP contribution in [0.3, 0.4) is 0 Å². The molecular formula is C20H27Cl3N2O2. The predicted octanol–water partition coefficient (Wildman–Crippen LogP) is 5.55. The van der Waals surface area contributed by atoms with Gasteiger partial charge in [0.15, 0.2) is 0 Å². The summed E-state index contributed by atoms with van der Waals surface area (Å²) in [6, 6.07) is 7.20. The number of nitrogens with two attached hydrogens (primary N) is 1. The van der Waals surface area contributed by atoms with Crippen LogP contribution in [0.15, 0.2) is 24.3 Å². The summed E-state index contributed by atoms with van der Waals surface area (Å²) in [5, 5.41) is 10.4. The largest absolute Gasteiger partial charge is 0.478 e. The Hall–Kier alpha value is -1.33. The number of pyridine rings is 1. The van der Waals surface area contributed by atoms with Crippen LogP contribution < -0.4 is 5.73 Å². The van der Waals surface area contributed by atoms with E-state index in [4.69, 9.17) is 17.3 Å². The van der Waals surface area contributed by atoms with Gasteiger partial charge in [-0.25, -0.2) is 4.79 Å². The molecule has 0 atom stereocenters. The van der Waals surface area contributed by atoms with Gasteiger partial charge in [-0.1, -0.05) is 51.4 Å². The summed E-state index contributed by atoms with van der Waals surface area (Å²) in [6.45, 7) is 8.55. The normalized spacial score (nSPS) is 10.7. The summed E-state index contributed by atoms with van der Waals surface area (Å²) < 4.78 is 0. The first-order valence-electron chi connectivity index (χ1n) is 8.41. The van der Waals surface area contributed by atoms with Crippen LogP contribution in [0.5, 0.6) is 0 Å². The summed E-state index contributed by atoms with van der Waals surface area (Å²) in [4.78, 5) is 16.7. The van der Waals surface area contributed by atoms with E-state index in [2.05, 4.69) is 25.8 Å². The highest BCUT2D eigenvalue weighted by Crippen LogP contribution is 2.34.